The highest BCUT2D eigenvalue weighted by atomic mass is 32.2. The molecule has 0 bridgehead atoms. The summed E-state index contributed by atoms with van der Waals surface area (Å²) in [5.41, 5.74) is 5.74. The smallest absolute Gasteiger partial charge is 0.274 e. The Morgan fingerprint density at radius 2 is 2.37 bits per heavy atom. The molecule has 8 heteroatoms. The van der Waals surface area contributed by atoms with E-state index in [4.69, 9.17) is 5.73 Å². The van der Waals surface area contributed by atoms with Gasteiger partial charge in [0, 0.05) is 32.4 Å². The third-order valence-corrected chi connectivity index (χ3v) is 5.07. The highest BCUT2D eigenvalue weighted by Gasteiger charge is 2.33. The molecule has 0 saturated carbocycles. The average Bonchev–Trinajstić information content (AvgIpc) is 2.94. The Labute approximate surface area is 112 Å². The fraction of sp³-hybridized carbons (Fsp3) is 0.636. The second-order valence-electron chi connectivity index (χ2n) is 4.76. The lowest BCUT2D eigenvalue weighted by Crippen LogP contribution is -2.38. The van der Waals surface area contributed by atoms with Crippen molar-refractivity contribution >= 4 is 15.7 Å². The molecule has 1 unspecified atom stereocenters. The molecule has 0 aliphatic carbocycles. The van der Waals surface area contributed by atoms with E-state index in [2.05, 4.69) is 4.98 Å². The first-order valence-corrected chi connectivity index (χ1v) is 7.94. The molecule has 0 radical (unpaired) electrons. The third kappa shape index (κ3) is 3.13. The Morgan fingerprint density at radius 1 is 1.63 bits per heavy atom. The van der Waals surface area contributed by atoms with E-state index in [1.807, 2.05) is 0 Å². The standard InChI is InChI=1S/C11H18N4O3S/c1-14(9-2-5-19(17,18)7-9)11(16)10-6-15(4-3-12)8-13-10/h6,8-9H,2-5,7,12H2,1H3. The number of nitrogens with zero attached hydrogens (tertiary/aromatic N) is 3. The topological polar surface area (TPSA) is 98.3 Å². The van der Waals surface area contributed by atoms with Crippen molar-refractivity contribution in [2.24, 2.45) is 5.73 Å². The second-order valence-corrected chi connectivity index (χ2v) is 6.99. The van der Waals surface area contributed by atoms with Gasteiger partial charge in [-0.2, -0.15) is 0 Å². The monoisotopic (exact) mass is 286 g/mol. The molecule has 1 saturated heterocycles. The van der Waals surface area contributed by atoms with E-state index in [0.29, 0.717) is 25.2 Å². The number of rotatable bonds is 4. The van der Waals surface area contributed by atoms with Gasteiger partial charge < -0.3 is 15.2 Å². The first-order chi connectivity index (χ1) is 8.93. The maximum atomic E-state index is 12.2. The van der Waals surface area contributed by atoms with Crippen molar-refractivity contribution in [3.63, 3.8) is 0 Å². The third-order valence-electron chi connectivity index (χ3n) is 3.32. The van der Waals surface area contributed by atoms with Gasteiger partial charge in [-0.1, -0.05) is 0 Å². The molecule has 7 nitrogen and oxygen atoms in total. The molecule has 2 rings (SSSR count). The summed E-state index contributed by atoms with van der Waals surface area (Å²) in [6.45, 7) is 1.07. The number of amides is 1. The average molecular weight is 286 g/mol. The summed E-state index contributed by atoms with van der Waals surface area (Å²) in [4.78, 5) is 17.7. The van der Waals surface area contributed by atoms with Crippen LogP contribution in [0.4, 0.5) is 0 Å². The van der Waals surface area contributed by atoms with Gasteiger partial charge in [0.1, 0.15) is 5.69 Å². The molecule has 0 spiro atoms. The van der Waals surface area contributed by atoms with Crippen molar-refractivity contribution in [1.29, 1.82) is 0 Å². The summed E-state index contributed by atoms with van der Waals surface area (Å²) < 4.78 is 24.6. The van der Waals surface area contributed by atoms with E-state index >= 15 is 0 Å². The van der Waals surface area contributed by atoms with Crippen LogP contribution < -0.4 is 5.73 Å². The maximum absolute atomic E-state index is 12.2. The van der Waals surface area contributed by atoms with Gasteiger partial charge in [0.25, 0.3) is 5.91 Å². The fourth-order valence-corrected chi connectivity index (χ4v) is 3.94. The minimum atomic E-state index is -3.00. The van der Waals surface area contributed by atoms with Crippen LogP contribution in [0.3, 0.4) is 0 Å². The molecular weight excluding hydrogens is 268 g/mol. The van der Waals surface area contributed by atoms with E-state index in [-0.39, 0.29) is 23.5 Å². The lowest BCUT2D eigenvalue weighted by atomic mass is 10.2. The summed E-state index contributed by atoms with van der Waals surface area (Å²) in [6, 6.07) is -0.253. The number of hydrogen-bond donors (Lipinski definition) is 1. The van der Waals surface area contributed by atoms with E-state index in [1.54, 1.807) is 24.1 Å². The largest absolute Gasteiger partial charge is 0.336 e. The van der Waals surface area contributed by atoms with E-state index in [0.717, 1.165) is 0 Å². The van der Waals surface area contributed by atoms with Crippen molar-refractivity contribution < 1.29 is 13.2 Å². The van der Waals surface area contributed by atoms with Gasteiger partial charge in [-0.05, 0) is 6.42 Å². The molecule has 1 amide bonds. The first kappa shape index (κ1) is 14.0. The number of imidazole rings is 1. The van der Waals surface area contributed by atoms with Gasteiger partial charge in [-0.25, -0.2) is 13.4 Å². The molecule has 1 aromatic rings. The number of hydrogen-bond acceptors (Lipinski definition) is 5. The van der Waals surface area contributed by atoms with Crippen LogP contribution >= 0.6 is 0 Å². The normalized spacial score (nSPS) is 21.5. The van der Waals surface area contributed by atoms with Crippen molar-refractivity contribution in [2.45, 2.75) is 19.0 Å². The van der Waals surface area contributed by atoms with E-state index in [9.17, 15) is 13.2 Å². The van der Waals surface area contributed by atoms with Crippen LogP contribution in [0.1, 0.15) is 16.9 Å². The van der Waals surface area contributed by atoms with E-state index in [1.165, 1.54) is 4.90 Å². The van der Waals surface area contributed by atoms with Crippen molar-refractivity contribution in [1.82, 2.24) is 14.5 Å². The molecule has 19 heavy (non-hydrogen) atoms. The Morgan fingerprint density at radius 3 is 2.95 bits per heavy atom. The maximum Gasteiger partial charge on any atom is 0.274 e. The van der Waals surface area contributed by atoms with Crippen LogP contribution in [0, 0.1) is 0 Å². The van der Waals surface area contributed by atoms with Crippen molar-refractivity contribution in [2.75, 3.05) is 25.1 Å². The zero-order valence-electron chi connectivity index (χ0n) is 10.8. The highest BCUT2D eigenvalue weighted by Crippen LogP contribution is 2.18. The minimum Gasteiger partial charge on any atom is -0.336 e. The zero-order chi connectivity index (χ0) is 14.0. The van der Waals surface area contributed by atoms with Crippen LogP contribution in [0.2, 0.25) is 0 Å². The first-order valence-electron chi connectivity index (χ1n) is 6.12. The Balaban J connectivity index is 2.06. The summed E-state index contributed by atoms with van der Waals surface area (Å²) in [6.07, 6.45) is 3.68. The zero-order valence-corrected chi connectivity index (χ0v) is 11.6. The predicted molar refractivity (Wildman–Crippen MR) is 70.4 cm³/mol. The van der Waals surface area contributed by atoms with Gasteiger partial charge in [0.2, 0.25) is 0 Å². The van der Waals surface area contributed by atoms with Gasteiger partial charge >= 0.3 is 0 Å². The second kappa shape index (κ2) is 5.30. The van der Waals surface area contributed by atoms with Gasteiger partial charge in [0.05, 0.1) is 17.8 Å². The molecule has 1 fully saturated rings. The molecule has 1 atom stereocenters. The quantitative estimate of drug-likeness (QED) is 0.773. The Bertz CT molecular complexity index is 566. The molecule has 1 aromatic heterocycles. The lowest BCUT2D eigenvalue weighted by Gasteiger charge is -2.22. The predicted octanol–water partition coefficient (Wildman–Crippen LogP) is -0.899. The number of carbonyl (C=O) groups excluding carboxylic acids is 1. The Hall–Kier alpha value is -1.41. The number of aromatic nitrogens is 2. The molecule has 2 heterocycles. The molecule has 0 aromatic carbocycles. The van der Waals surface area contributed by atoms with Gasteiger partial charge in [-0.3, -0.25) is 4.79 Å². The highest BCUT2D eigenvalue weighted by molar-refractivity contribution is 7.91. The minimum absolute atomic E-state index is 0.0404. The van der Waals surface area contributed by atoms with Crippen LogP contribution in [0.15, 0.2) is 12.5 Å². The summed E-state index contributed by atoms with van der Waals surface area (Å²) in [5, 5.41) is 0. The molecule has 2 N–H and O–H groups in total. The SMILES string of the molecule is CN(C(=O)c1cn(CCN)cn1)C1CCS(=O)(=O)C1. The number of carbonyl (C=O) groups is 1. The van der Waals surface area contributed by atoms with Crippen LogP contribution in [-0.2, 0) is 16.4 Å². The van der Waals surface area contributed by atoms with Crippen molar-refractivity contribution in [3.8, 4) is 0 Å². The van der Waals surface area contributed by atoms with Crippen LogP contribution in [0.25, 0.3) is 0 Å². The van der Waals surface area contributed by atoms with Crippen LogP contribution in [0.5, 0.6) is 0 Å². The van der Waals surface area contributed by atoms with Crippen LogP contribution in [-0.4, -0.2) is 59.9 Å². The summed E-state index contributed by atoms with van der Waals surface area (Å²) >= 11 is 0. The number of nitrogens with two attached hydrogens (primary N) is 1. The van der Waals surface area contributed by atoms with Gasteiger partial charge in [-0.15, -0.1) is 0 Å². The summed E-state index contributed by atoms with van der Waals surface area (Å²) in [5.74, 6) is -0.0618. The van der Waals surface area contributed by atoms with Gasteiger partial charge in [0.15, 0.2) is 9.84 Å². The van der Waals surface area contributed by atoms with E-state index < -0.39 is 9.84 Å². The molecular formula is C11H18N4O3S. The Kier molecular flexibility index (Phi) is 3.91. The molecule has 1 aliphatic rings. The molecule has 106 valence electrons. The number of sulfone groups is 1. The summed E-state index contributed by atoms with van der Waals surface area (Å²) in [7, 11) is -1.37. The lowest BCUT2D eigenvalue weighted by molar-refractivity contribution is 0.0742. The molecule has 1 aliphatic heterocycles. The fourth-order valence-electron chi connectivity index (χ4n) is 2.17. The van der Waals surface area contributed by atoms with Crippen molar-refractivity contribution in [3.05, 3.63) is 18.2 Å².